The first kappa shape index (κ1) is 18.4. The van der Waals surface area contributed by atoms with Gasteiger partial charge in [0.25, 0.3) is 10.1 Å². The van der Waals surface area contributed by atoms with E-state index >= 15 is 0 Å². The molecule has 1 aliphatic rings. The molecular weight excluding hydrogens is 362 g/mol. The van der Waals surface area contributed by atoms with Crippen molar-refractivity contribution in [3.05, 3.63) is 36.0 Å². The van der Waals surface area contributed by atoms with Crippen molar-refractivity contribution < 1.29 is 27.7 Å². The highest BCUT2D eigenvalue weighted by molar-refractivity contribution is 7.86. The summed E-state index contributed by atoms with van der Waals surface area (Å²) in [6.07, 6.45) is 1.68. The Balaban J connectivity index is 1.69. The van der Waals surface area contributed by atoms with Gasteiger partial charge in [-0.1, -0.05) is 18.2 Å². The largest absolute Gasteiger partial charge is 0.480 e. The summed E-state index contributed by atoms with van der Waals surface area (Å²) in [5, 5.41) is 14.4. The number of aliphatic carboxylic acids is 1. The molecule has 10 heteroatoms. The number of nitrogens with one attached hydrogen (secondary N) is 3. The van der Waals surface area contributed by atoms with E-state index in [1.54, 1.807) is 6.20 Å². The van der Waals surface area contributed by atoms with Gasteiger partial charge in [0.05, 0.1) is 6.04 Å². The summed E-state index contributed by atoms with van der Waals surface area (Å²) in [5.41, 5.74) is 1.62. The number of fused-ring (bicyclic) bond motifs is 1. The van der Waals surface area contributed by atoms with Gasteiger partial charge in [-0.25, -0.2) is 4.79 Å². The van der Waals surface area contributed by atoms with Crippen LogP contribution in [0.5, 0.6) is 0 Å². The summed E-state index contributed by atoms with van der Waals surface area (Å²) in [6.45, 7) is -0.0584. The zero-order valence-corrected chi connectivity index (χ0v) is 14.5. The second kappa shape index (κ2) is 7.06. The Kier molecular flexibility index (Phi) is 4.99. The van der Waals surface area contributed by atoms with Crippen LogP contribution in [0.15, 0.2) is 30.5 Å². The second-order valence-electron chi connectivity index (χ2n) is 6.30. The van der Waals surface area contributed by atoms with E-state index in [1.165, 1.54) is 0 Å². The van der Waals surface area contributed by atoms with Crippen LogP contribution in [0.25, 0.3) is 10.9 Å². The number of benzene rings is 1. The molecule has 1 saturated heterocycles. The Morgan fingerprint density at radius 3 is 2.69 bits per heavy atom. The van der Waals surface area contributed by atoms with Gasteiger partial charge >= 0.3 is 5.97 Å². The van der Waals surface area contributed by atoms with Gasteiger partial charge in [-0.3, -0.25) is 9.35 Å². The number of H-pyrrole nitrogens is 1. The monoisotopic (exact) mass is 381 g/mol. The molecular formula is C16H19N3O6S. The van der Waals surface area contributed by atoms with Crippen molar-refractivity contribution >= 4 is 32.9 Å². The molecule has 9 nitrogen and oxygen atoms in total. The average Bonchev–Trinajstić information content (AvgIpc) is 3.21. The Morgan fingerprint density at radius 2 is 2.04 bits per heavy atom. The number of hydrogen-bond donors (Lipinski definition) is 5. The van der Waals surface area contributed by atoms with E-state index in [2.05, 4.69) is 15.6 Å². The maximum atomic E-state index is 12.3. The number of para-hydroxylation sites is 1. The van der Waals surface area contributed by atoms with Crippen LogP contribution in [-0.4, -0.2) is 58.8 Å². The molecule has 3 atom stereocenters. The maximum absolute atomic E-state index is 12.3. The summed E-state index contributed by atoms with van der Waals surface area (Å²) in [6, 6.07) is 5.39. The van der Waals surface area contributed by atoms with Gasteiger partial charge in [0.2, 0.25) is 5.91 Å². The maximum Gasteiger partial charge on any atom is 0.326 e. The lowest BCUT2D eigenvalue weighted by molar-refractivity contribution is -0.142. The molecule has 0 spiro atoms. The fourth-order valence-electron chi connectivity index (χ4n) is 3.12. The summed E-state index contributed by atoms with van der Waals surface area (Å²) in [7, 11) is -4.24. The Hall–Kier alpha value is -2.43. The highest BCUT2D eigenvalue weighted by Crippen LogP contribution is 2.20. The fourth-order valence-corrected chi connectivity index (χ4v) is 3.87. The van der Waals surface area contributed by atoms with Crippen molar-refractivity contribution in [3.8, 4) is 0 Å². The van der Waals surface area contributed by atoms with Crippen LogP contribution in [0.4, 0.5) is 0 Å². The molecule has 0 unspecified atom stereocenters. The van der Waals surface area contributed by atoms with Crippen molar-refractivity contribution in [1.82, 2.24) is 15.6 Å². The fraction of sp³-hybridized carbons (Fsp3) is 0.375. The first-order valence-electron chi connectivity index (χ1n) is 8.03. The molecule has 1 aromatic carbocycles. The zero-order chi connectivity index (χ0) is 18.9. The molecule has 0 saturated carbocycles. The normalized spacial score (nSPS) is 21.6. The molecule has 1 amide bonds. The number of amides is 1. The molecule has 26 heavy (non-hydrogen) atoms. The first-order valence-corrected chi connectivity index (χ1v) is 9.54. The van der Waals surface area contributed by atoms with E-state index in [-0.39, 0.29) is 19.4 Å². The highest BCUT2D eigenvalue weighted by Gasteiger charge is 2.37. The van der Waals surface area contributed by atoms with Crippen molar-refractivity contribution in [2.24, 2.45) is 0 Å². The van der Waals surface area contributed by atoms with Gasteiger partial charge in [-0.15, -0.1) is 0 Å². The molecule has 140 valence electrons. The van der Waals surface area contributed by atoms with Crippen LogP contribution in [0, 0.1) is 0 Å². The Morgan fingerprint density at radius 1 is 1.31 bits per heavy atom. The van der Waals surface area contributed by atoms with Gasteiger partial charge in [-0.2, -0.15) is 8.42 Å². The van der Waals surface area contributed by atoms with Crippen LogP contribution < -0.4 is 10.6 Å². The first-order chi connectivity index (χ1) is 12.3. The minimum absolute atomic E-state index is 0.0584. The topological polar surface area (TPSA) is 149 Å². The Labute approximate surface area is 149 Å². The van der Waals surface area contributed by atoms with Gasteiger partial charge in [-0.05, 0) is 18.1 Å². The smallest absolute Gasteiger partial charge is 0.326 e. The lowest BCUT2D eigenvalue weighted by Crippen LogP contribution is -2.49. The number of aromatic nitrogens is 1. The number of carbonyl (C=O) groups is 2. The quantitative estimate of drug-likeness (QED) is 0.439. The average molecular weight is 381 g/mol. The van der Waals surface area contributed by atoms with E-state index in [0.29, 0.717) is 0 Å². The van der Waals surface area contributed by atoms with E-state index in [1.807, 2.05) is 24.3 Å². The van der Waals surface area contributed by atoms with Crippen LogP contribution in [-0.2, 0) is 26.1 Å². The predicted molar refractivity (Wildman–Crippen MR) is 93.3 cm³/mol. The van der Waals surface area contributed by atoms with E-state index < -0.39 is 39.3 Å². The second-order valence-corrected chi connectivity index (χ2v) is 7.99. The predicted octanol–water partition coefficient (Wildman–Crippen LogP) is -0.102. The number of rotatable bonds is 6. The SMILES string of the molecule is O=C(O)[C@H](Cc1c[nH]c2ccccc12)NC(=O)[C@@H]1C[C@H](S(=O)(=O)O)CN1. The van der Waals surface area contributed by atoms with Crippen LogP contribution in [0.3, 0.4) is 0 Å². The summed E-state index contributed by atoms with van der Waals surface area (Å²) in [4.78, 5) is 26.9. The van der Waals surface area contributed by atoms with E-state index in [4.69, 9.17) is 4.55 Å². The molecule has 1 aliphatic heterocycles. The van der Waals surface area contributed by atoms with Crippen LogP contribution >= 0.6 is 0 Å². The molecule has 0 bridgehead atoms. The van der Waals surface area contributed by atoms with Crippen molar-refractivity contribution in [2.75, 3.05) is 6.54 Å². The van der Waals surface area contributed by atoms with Gasteiger partial charge in [0, 0.05) is 30.1 Å². The third-order valence-electron chi connectivity index (χ3n) is 4.54. The van der Waals surface area contributed by atoms with Crippen LogP contribution in [0.2, 0.25) is 0 Å². The van der Waals surface area contributed by atoms with Gasteiger partial charge in [0.15, 0.2) is 0 Å². The highest BCUT2D eigenvalue weighted by atomic mass is 32.2. The molecule has 3 rings (SSSR count). The third-order valence-corrected chi connectivity index (χ3v) is 5.74. The minimum Gasteiger partial charge on any atom is -0.480 e. The van der Waals surface area contributed by atoms with Crippen molar-refractivity contribution in [2.45, 2.75) is 30.2 Å². The van der Waals surface area contributed by atoms with E-state index in [0.717, 1.165) is 16.5 Å². The number of carbonyl (C=O) groups excluding carboxylic acids is 1. The Bertz CT molecular complexity index is 938. The van der Waals surface area contributed by atoms with Crippen LogP contribution in [0.1, 0.15) is 12.0 Å². The van der Waals surface area contributed by atoms with Gasteiger partial charge < -0.3 is 20.7 Å². The van der Waals surface area contributed by atoms with Crippen molar-refractivity contribution in [1.29, 1.82) is 0 Å². The minimum atomic E-state index is -4.24. The number of hydrogen-bond acceptors (Lipinski definition) is 5. The molecule has 5 N–H and O–H groups in total. The summed E-state index contributed by atoms with van der Waals surface area (Å²) >= 11 is 0. The lowest BCUT2D eigenvalue weighted by Gasteiger charge is -2.17. The number of aromatic amines is 1. The number of carboxylic acids is 1. The third kappa shape index (κ3) is 3.87. The van der Waals surface area contributed by atoms with Gasteiger partial charge in [0.1, 0.15) is 11.3 Å². The summed E-state index contributed by atoms with van der Waals surface area (Å²) < 4.78 is 31.4. The molecule has 1 fully saturated rings. The van der Waals surface area contributed by atoms with E-state index in [9.17, 15) is 23.1 Å². The molecule has 1 aromatic heterocycles. The molecule has 0 radical (unpaired) electrons. The molecule has 2 aromatic rings. The molecule has 2 heterocycles. The molecule has 0 aliphatic carbocycles. The van der Waals surface area contributed by atoms with Crippen molar-refractivity contribution in [3.63, 3.8) is 0 Å². The summed E-state index contributed by atoms with van der Waals surface area (Å²) in [5.74, 6) is -1.80. The number of carboxylic acid groups (broad SMARTS) is 1. The lowest BCUT2D eigenvalue weighted by atomic mass is 10.0. The zero-order valence-electron chi connectivity index (χ0n) is 13.7. The standard InChI is InChI=1S/C16H19N3O6S/c20-15(13-6-10(8-18-13)26(23,24)25)19-14(16(21)22)5-9-7-17-12-4-2-1-3-11(9)12/h1-4,7,10,13-14,17-18H,5-6,8H2,(H,19,20)(H,21,22)(H,23,24,25)/t10-,13-,14-/m0/s1.